The lowest BCUT2D eigenvalue weighted by Gasteiger charge is -2.14. The summed E-state index contributed by atoms with van der Waals surface area (Å²) in [6.45, 7) is 3.31. The molecule has 0 aliphatic heterocycles. The Morgan fingerprint density at radius 3 is 2.42 bits per heavy atom. The van der Waals surface area contributed by atoms with Gasteiger partial charge in [-0.25, -0.2) is 4.79 Å². The van der Waals surface area contributed by atoms with Gasteiger partial charge in [-0.1, -0.05) is 48.5 Å². The summed E-state index contributed by atoms with van der Waals surface area (Å²) < 4.78 is 10.3. The lowest BCUT2D eigenvalue weighted by Crippen LogP contribution is -2.36. The van der Waals surface area contributed by atoms with Crippen LogP contribution in [-0.4, -0.2) is 31.1 Å². The molecule has 0 aliphatic carbocycles. The topological polar surface area (TPSA) is 64.6 Å². The van der Waals surface area contributed by atoms with Gasteiger partial charge in [0.1, 0.15) is 5.75 Å². The second-order valence-corrected chi connectivity index (χ2v) is 6.21. The molecule has 0 bridgehead atoms. The van der Waals surface area contributed by atoms with Gasteiger partial charge in [-0.2, -0.15) is 0 Å². The minimum absolute atomic E-state index is 0.00428. The van der Waals surface area contributed by atoms with Crippen molar-refractivity contribution in [3.8, 4) is 5.75 Å². The molecule has 138 valence electrons. The van der Waals surface area contributed by atoms with E-state index in [0.29, 0.717) is 5.75 Å². The fraction of sp³-hybridized carbons (Fsp3) is 0.333. The summed E-state index contributed by atoms with van der Waals surface area (Å²) in [6, 6.07) is 17.5. The predicted octanol–water partition coefficient (Wildman–Crippen LogP) is 3.05. The van der Waals surface area contributed by atoms with Crippen LogP contribution in [0.4, 0.5) is 0 Å². The maximum absolute atomic E-state index is 11.9. The van der Waals surface area contributed by atoms with E-state index in [4.69, 9.17) is 9.47 Å². The molecule has 5 heteroatoms. The number of ether oxygens (including phenoxy) is 2. The highest BCUT2D eigenvalue weighted by Crippen LogP contribution is 2.15. The number of rotatable bonds is 9. The molecule has 26 heavy (non-hydrogen) atoms. The normalized spacial score (nSPS) is 11.5. The van der Waals surface area contributed by atoms with Crippen molar-refractivity contribution < 1.29 is 19.1 Å². The van der Waals surface area contributed by atoms with Crippen molar-refractivity contribution in [2.45, 2.75) is 32.7 Å². The minimum Gasteiger partial charge on any atom is -0.482 e. The lowest BCUT2D eigenvalue weighted by atomic mass is 10.1. The number of hydrogen-bond donors (Lipinski definition) is 1. The molecule has 0 radical (unpaired) electrons. The van der Waals surface area contributed by atoms with Crippen molar-refractivity contribution in [1.82, 2.24) is 5.32 Å². The Morgan fingerprint density at radius 1 is 1.00 bits per heavy atom. The van der Waals surface area contributed by atoms with Crippen LogP contribution in [-0.2, 0) is 20.7 Å². The number of hydrogen-bond acceptors (Lipinski definition) is 4. The summed E-state index contributed by atoms with van der Waals surface area (Å²) in [6.07, 6.45) is 1.70. The number of esters is 1. The molecule has 0 fully saturated rings. The molecule has 0 saturated carbocycles. The van der Waals surface area contributed by atoms with Crippen molar-refractivity contribution in [3.63, 3.8) is 0 Å². The summed E-state index contributed by atoms with van der Waals surface area (Å²) in [5.41, 5.74) is 2.17. The van der Waals surface area contributed by atoms with Crippen molar-refractivity contribution in [2.24, 2.45) is 0 Å². The van der Waals surface area contributed by atoms with Crippen molar-refractivity contribution >= 4 is 11.9 Å². The molecule has 0 saturated heterocycles. The molecule has 2 aromatic rings. The molecule has 0 heterocycles. The summed E-state index contributed by atoms with van der Waals surface area (Å²) in [5, 5.41) is 2.83. The van der Waals surface area contributed by atoms with E-state index < -0.39 is 5.97 Å². The van der Waals surface area contributed by atoms with E-state index in [1.54, 1.807) is 6.07 Å². The predicted molar refractivity (Wildman–Crippen MR) is 100 cm³/mol. The monoisotopic (exact) mass is 355 g/mol. The Labute approximate surface area is 154 Å². The number of nitrogens with one attached hydrogen (secondary N) is 1. The van der Waals surface area contributed by atoms with E-state index >= 15 is 0 Å². The van der Waals surface area contributed by atoms with E-state index in [2.05, 4.69) is 17.4 Å². The van der Waals surface area contributed by atoms with Gasteiger partial charge in [0.25, 0.3) is 5.91 Å². The van der Waals surface area contributed by atoms with Gasteiger partial charge < -0.3 is 14.8 Å². The molecule has 0 aliphatic rings. The number of amides is 1. The Morgan fingerprint density at radius 2 is 1.69 bits per heavy atom. The van der Waals surface area contributed by atoms with Gasteiger partial charge >= 0.3 is 5.97 Å². The molecular formula is C21H25NO4. The smallest absolute Gasteiger partial charge is 0.344 e. The van der Waals surface area contributed by atoms with E-state index in [1.165, 1.54) is 5.56 Å². The molecule has 5 nitrogen and oxygen atoms in total. The summed E-state index contributed by atoms with van der Waals surface area (Å²) in [5.74, 6) is -0.251. The maximum Gasteiger partial charge on any atom is 0.344 e. The third kappa shape index (κ3) is 6.97. The van der Waals surface area contributed by atoms with Crippen LogP contribution in [0.5, 0.6) is 5.75 Å². The van der Waals surface area contributed by atoms with Crippen LogP contribution in [0.1, 0.15) is 24.5 Å². The Kier molecular flexibility index (Phi) is 7.68. The number of aryl methyl sites for hydroxylation is 2. The van der Waals surface area contributed by atoms with Crippen LogP contribution in [0.15, 0.2) is 54.6 Å². The molecule has 1 atom stereocenters. The van der Waals surface area contributed by atoms with Crippen LogP contribution in [0.25, 0.3) is 0 Å². The Balaban J connectivity index is 1.63. The van der Waals surface area contributed by atoms with E-state index in [-0.39, 0.29) is 25.2 Å². The van der Waals surface area contributed by atoms with Gasteiger partial charge in [-0.3, -0.25) is 4.79 Å². The highest BCUT2D eigenvalue weighted by atomic mass is 16.6. The van der Waals surface area contributed by atoms with E-state index in [1.807, 2.05) is 50.2 Å². The van der Waals surface area contributed by atoms with Crippen LogP contribution >= 0.6 is 0 Å². The molecule has 1 amide bonds. The molecule has 2 aromatic carbocycles. The average molecular weight is 355 g/mol. The lowest BCUT2D eigenvalue weighted by molar-refractivity contribution is -0.150. The van der Waals surface area contributed by atoms with Gasteiger partial charge in [0.05, 0.1) is 0 Å². The number of carbonyl (C=O) groups excluding carboxylic acids is 2. The highest BCUT2D eigenvalue weighted by molar-refractivity contribution is 5.81. The maximum atomic E-state index is 11.9. The Bertz CT molecular complexity index is 715. The van der Waals surface area contributed by atoms with Gasteiger partial charge in [-0.15, -0.1) is 0 Å². The first-order chi connectivity index (χ1) is 12.5. The number of carbonyl (C=O) groups is 2. The fourth-order valence-electron chi connectivity index (χ4n) is 2.46. The third-order valence-electron chi connectivity index (χ3n) is 3.92. The van der Waals surface area contributed by atoms with Crippen molar-refractivity contribution in [3.05, 3.63) is 65.7 Å². The van der Waals surface area contributed by atoms with Crippen LogP contribution < -0.4 is 10.1 Å². The zero-order chi connectivity index (χ0) is 18.8. The largest absolute Gasteiger partial charge is 0.482 e. The van der Waals surface area contributed by atoms with Crippen LogP contribution in [0.3, 0.4) is 0 Å². The highest BCUT2D eigenvalue weighted by Gasteiger charge is 2.11. The molecule has 0 aromatic heterocycles. The van der Waals surface area contributed by atoms with Gasteiger partial charge in [-0.05, 0) is 43.9 Å². The zero-order valence-corrected chi connectivity index (χ0v) is 15.2. The summed E-state index contributed by atoms with van der Waals surface area (Å²) in [7, 11) is 0. The minimum atomic E-state index is -0.569. The van der Waals surface area contributed by atoms with E-state index in [0.717, 1.165) is 18.4 Å². The first kappa shape index (κ1) is 19.5. The molecule has 1 N–H and O–H groups in total. The van der Waals surface area contributed by atoms with Crippen molar-refractivity contribution in [1.29, 1.82) is 0 Å². The summed E-state index contributed by atoms with van der Waals surface area (Å²) in [4.78, 5) is 23.6. The fourth-order valence-corrected chi connectivity index (χ4v) is 2.46. The SMILES string of the molecule is Cc1ccccc1OCC(=O)OCC(=O)N[C@@H](C)CCc1ccccc1. The van der Waals surface area contributed by atoms with Gasteiger partial charge in [0, 0.05) is 6.04 Å². The zero-order valence-electron chi connectivity index (χ0n) is 15.2. The molecule has 2 rings (SSSR count). The first-order valence-electron chi connectivity index (χ1n) is 8.72. The quantitative estimate of drug-likeness (QED) is 0.702. The standard InChI is InChI=1S/C21H25NO4/c1-16-8-6-7-11-19(16)25-15-21(24)26-14-20(23)22-17(2)12-13-18-9-4-3-5-10-18/h3-11,17H,12-15H2,1-2H3,(H,22,23)/t17-/m0/s1. The molecule has 0 unspecified atom stereocenters. The third-order valence-corrected chi connectivity index (χ3v) is 3.92. The van der Waals surface area contributed by atoms with Gasteiger partial charge in [0.2, 0.25) is 0 Å². The second-order valence-electron chi connectivity index (χ2n) is 6.21. The number of benzene rings is 2. The molecule has 0 spiro atoms. The van der Waals surface area contributed by atoms with Crippen molar-refractivity contribution in [2.75, 3.05) is 13.2 Å². The Hall–Kier alpha value is -2.82. The second kappa shape index (κ2) is 10.2. The van der Waals surface area contributed by atoms with Gasteiger partial charge in [0.15, 0.2) is 13.2 Å². The summed E-state index contributed by atoms with van der Waals surface area (Å²) >= 11 is 0. The van der Waals surface area contributed by atoms with E-state index in [9.17, 15) is 9.59 Å². The molecular weight excluding hydrogens is 330 g/mol. The van der Waals surface area contributed by atoms with Crippen LogP contribution in [0.2, 0.25) is 0 Å². The first-order valence-corrected chi connectivity index (χ1v) is 8.72. The van der Waals surface area contributed by atoms with Crippen LogP contribution in [0, 0.1) is 6.92 Å². The average Bonchev–Trinajstić information content (AvgIpc) is 2.65. The number of para-hydroxylation sites is 1.